The maximum Gasteiger partial charge on any atom is 0.272 e. The second kappa shape index (κ2) is 7.15. The summed E-state index contributed by atoms with van der Waals surface area (Å²) in [7, 11) is 3.92. The number of rotatable bonds is 5. The molecule has 0 spiro atoms. The molecule has 0 bridgehead atoms. The topological polar surface area (TPSA) is 58.1 Å². The highest BCUT2D eigenvalue weighted by molar-refractivity contribution is 6.29. The normalized spacial score (nSPS) is 12.2. The molecule has 0 saturated heterocycles. The van der Waals surface area contributed by atoms with Crippen molar-refractivity contribution in [1.82, 2.24) is 20.2 Å². The summed E-state index contributed by atoms with van der Waals surface area (Å²) in [4.78, 5) is 22.1. The van der Waals surface area contributed by atoms with Crippen LogP contribution in [-0.4, -0.2) is 41.4 Å². The van der Waals surface area contributed by atoms with Crippen LogP contribution in [0.1, 0.15) is 22.1 Å². The van der Waals surface area contributed by atoms with Crippen LogP contribution in [0, 0.1) is 0 Å². The molecule has 1 aromatic heterocycles. The molecule has 1 N–H and O–H groups in total. The zero-order chi connectivity index (χ0) is 15.2. The number of likely N-dealkylation sites (N-methyl/N-ethyl adjacent to an activating group) is 1. The molecule has 1 amide bonds. The molecule has 2 aromatic rings. The van der Waals surface area contributed by atoms with Gasteiger partial charge in [-0.25, -0.2) is 9.97 Å². The van der Waals surface area contributed by atoms with Crippen molar-refractivity contribution in [2.45, 2.75) is 6.04 Å². The van der Waals surface area contributed by atoms with Crippen LogP contribution in [0.15, 0.2) is 42.7 Å². The number of hydrogen-bond acceptors (Lipinski definition) is 4. The smallest absolute Gasteiger partial charge is 0.272 e. The Morgan fingerprint density at radius 1 is 1.24 bits per heavy atom. The molecule has 6 heteroatoms. The number of amides is 1. The van der Waals surface area contributed by atoms with Crippen LogP contribution in [0.4, 0.5) is 0 Å². The molecule has 0 radical (unpaired) electrons. The van der Waals surface area contributed by atoms with E-state index in [1.165, 1.54) is 12.4 Å². The van der Waals surface area contributed by atoms with Crippen molar-refractivity contribution in [1.29, 1.82) is 0 Å². The van der Waals surface area contributed by atoms with Gasteiger partial charge in [-0.2, -0.15) is 0 Å². The van der Waals surface area contributed by atoms with Crippen molar-refractivity contribution in [2.75, 3.05) is 20.6 Å². The van der Waals surface area contributed by atoms with E-state index in [4.69, 9.17) is 11.6 Å². The number of carbonyl (C=O) groups excluding carboxylic acids is 1. The maximum atomic E-state index is 12.2. The van der Waals surface area contributed by atoms with Crippen LogP contribution < -0.4 is 5.32 Å². The number of carbonyl (C=O) groups is 1. The number of nitrogens with one attached hydrogen (secondary N) is 1. The number of halogens is 1. The molecule has 2 rings (SSSR count). The van der Waals surface area contributed by atoms with Crippen LogP contribution >= 0.6 is 11.6 Å². The highest BCUT2D eigenvalue weighted by Gasteiger charge is 2.17. The molecule has 21 heavy (non-hydrogen) atoms. The largest absolute Gasteiger partial charge is 0.343 e. The zero-order valence-corrected chi connectivity index (χ0v) is 12.7. The Labute approximate surface area is 129 Å². The molecule has 0 aliphatic rings. The van der Waals surface area contributed by atoms with Gasteiger partial charge in [-0.1, -0.05) is 41.9 Å². The van der Waals surface area contributed by atoms with E-state index in [0.717, 1.165) is 5.56 Å². The quantitative estimate of drug-likeness (QED) is 0.919. The number of nitrogens with zero attached hydrogens (tertiary/aromatic N) is 3. The van der Waals surface area contributed by atoms with E-state index in [1.807, 2.05) is 49.3 Å². The average Bonchev–Trinajstić information content (AvgIpc) is 2.47. The molecule has 1 heterocycles. The maximum absolute atomic E-state index is 12.2. The second-order valence-electron chi connectivity index (χ2n) is 4.92. The fourth-order valence-corrected chi connectivity index (χ4v) is 2.04. The lowest BCUT2D eigenvalue weighted by atomic mass is 10.1. The molecule has 1 aromatic carbocycles. The van der Waals surface area contributed by atoms with E-state index in [2.05, 4.69) is 15.3 Å². The molecule has 5 nitrogen and oxygen atoms in total. The van der Waals surface area contributed by atoms with Gasteiger partial charge < -0.3 is 10.2 Å². The third kappa shape index (κ3) is 4.51. The number of hydrogen-bond donors (Lipinski definition) is 1. The van der Waals surface area contributed by atoms with Crippen molar-refractivity contribution >= 4 is 17.5 Å². The summed E-state index contributed by atoms with van der Waals surface area (Å²) in [6, 6.07) is 9.71. The molecule has 110 valence electrons. The minimum absolute atomic E-state index is 0.119. The molecular weight excluding hydrogens is 288 g/mol. The van der Waals surface area contributed by atoms with Gasteiger partial charge in [0.05, 0.1) is 18.4 Å². The summed E-state index contributed by atoms with van der Waals surface area (Å²) in [5.74, 6) is -0.269. The first kappa shape index (κ1) is 15.4. The minimum Gasteiger partial charge on any atom is -0.343 e. The van der Waals surface area contributed by atoms with Gasteiger partial charge in [0.25, 0.3) is 5.91 Å². The molecule has 1 unspecified atom stereocenters. The highest BCUT2D eigenvalue weighted by atomic mass is 35.5. The summed E-state index contributed by atoms with van der Waals surface area (Å²) in [6.07, 6.45) is 2.73. The van der Waals surface area contributed by atoms with Crippen LogP contribution in [0.25, 0.3) is 0 Å². The monoisotopic (exact) mass is 304 g/mol. The van der Waals surface area contributed by atoms with Gasteiger partial charge >= 0.3 is 0 Å². The second-order valence-corrected chi connectivity index (χ2v) is 5.31. The Balaban J connectivity index is 2.15. The predicted octanol–water partition coefficient (Wildman–Crippen LogP) is 2.16. The SMILES string of the molecule is CN(C)CC(NC(=O)c1cnc(Cl)cn1)c1ccccc1. The van der Waals surface area contributed by atoms with Crippen LogP contribution in [0.2, 0.25) is 5.15 Å². The van der Waals surface area contributed by atoms with E-state index in [0.29, 0.717) is 6.54 Å². The van der Waals surface area contributed by atoms with E-state index >= 15 is 0 Å². The molecule has 0 aliphatic heterocycles. The first-order valence-electron chi connectivity index (χ1n) is 6.54. The van der Waals surface area contributed by atoms with Crippen LogP contribution in [0.3, 0.4) is 0 Å². The summed E-state index contributed by atoms with van der Waals surface area (Å²) in [6.45, 7) is 0.691. The fourth-order valence-electron chi connectivity index (χ4n) is 1.95. The number of benzene rings is 1. The Hall–Kier alpha value is -1.98. The lowest BCUT2D eigenvalue weighted by molar-refractivity contribution is 0.0924. The lowest BCUT2D eigenvalue weighted by Gasteiger charge is -2.22. The summed E-state index contributed by atoms with van der Waals surface area (Å²) in [5, 5.41) is 3.24. The molecule has 0 saturated carbocycles. The summed E-state index contributed by atoms with van der Waals surface area (Å²) < 4.78 is 0. The first-order chi connectivity index (χ1) is 10.1. The molecular formula is C15H17ClN4O. The van der Waals surface area contributed by atoms with Crippen molar-refractivity contribution in [2.24, 2.45) is 0 Å². The Morgan fingerprint density at radius 2 is 1.95 bits per heavy atom. The minimum atomic E-state index is -0.269. The van der Waals surface area contributed by atoms with Gasteiger partial charge in [0.2, 0.25) is 0 Å². The van der Waals surface area contributed by atoms with E-state index < -0.39 is 0 Å². The Kier molecular flexibility index (Phi) is 5.25. The highest BCUT2D eigenvalue weighted by Crippen LogP contribution is 2.14. The van der Waals surface area contributed by atoms with Crippen molar-refractivity contribution < 1.29 is 4.79 Å². The standard InChI is InChI=1S/C15H17ClN4O/c1-20(2)10-13(11-6-4-3-5-7-11)19-15(21)12-8-18-14(16)9-17-12/h3-9,13H,10H2,1-2H3,(H,19,21). The van der Waals surface area contributed by atoms with E-state index in [1.54, 1.807) is 0 Å². The van der Waals surface area contributed by atoms with Crippen LogP contribution in [-0.2, 0) is 0 Å². The zero-order valence-electron chi connectivity index (χ0n) is 12.0. The molecule has 1 atom stereocenters. The van der Waals surface area contributed by atoms with E-state index in [9.17, 15) is 4.79 Å². The van der Waals surface area contributed by atoms with Gasteiger partial charge in [-0.3, -0.25) is 4.79 Å². The lowest BCUT2D eigenvalue weighted by Crippen LogP contribution is -2.35. The fraction of sp³-hybridized carbons (Fsp3) is 0.267. The van der Waals surface area contributed by atoms with Gasteiger partial charge in [-0.15, -0.1) is 0 Å². The Morgan fingerprint density at radius 3 is 2.52 bits per heavy atom. The van der Waals surface area contributed by atoms with Gasteiger partial charge in [0.15, 0.2) is 0 Å². The van der Waals surface area contributed by atoms with Gasteiger partial charge in [-0.05, 0) is 19.7 Å². The molecule has 0 aliphatic carbocycles. The first-order valence-corrected chi connectivity index (χ1v) is 6.92. The summed E-state index contributed by atoms with van der Waals surface area (Å²) in [5.41, 5.74) is 1.29. The van der Waals surface area contributed by atoms with Crippen molar-refractivity contribution in [3.8, 4) is 0 Å². The number of aromatic nitrogens is 2. The third-order valence-corrected chi connectivity index (χ3v) is 3.10. The summed E-state index contributed by atoms with van der Waals surface area (Å²) >= 11 is 5.67. The Bertz CT molecular complexity index is 586. The third-order valence-electron chi connectivity index (χ3n) is 2.91. The van der Waals surface area contributed by atoms with Gasteiger partial charge in [0.1, 0.15) is 10.8 Å². The van der Waals surface area contributed by atoms with Crippen molar-refractivity contribution in [3.63, 3.8) is 0 Å². The molecule has 0 fully saturated rings. The van der Waals surface area contributed by atoms with Gasteiger partial charge in [0, 0.05) is 6.54 Å². The van der Waals surface area contributed by atoms with Crippen molar-refractivity contribution in [3.05, 3.63) is 59.1 Å². The van der Waals surface area contributed by atoms with E-state index in [-0.39, 0.29) is 22.8 Å². The predicted molar refractivity (Wildman–Crippen MR) is 82.2 cm³/mol. The van der Waals surface area contributed by atoms with Crippen LogP contribution in [0.5, 0.6) is 0 Å². The average molecular weight is 305 g/mol.